The fraction of sp³-hybridized carbons (Fsp3) is 0.316. The number of carbonyl (C=O) groups is 3. The van der Waals surface area contributed by atoms with E-state index < -0.39 is 27.7 Å². The molecular weight excluding hydrogens is 416 g/mol. The number of hydrogen-bond acceptors (Lipinski definition) is 7. The van der Waals surface area contributed by atoms with Gasteiger partial charge in [0.1, 0.15) is 5.00 Å². The van der Waals surface area contributed by atoms with Crippen LogP contribution in [0.4, 0.5) is 9.80 Å². The SMILES string of the molecule is CCOC(=O)NC(=O)c1c(NC(=O)c2ccc(S(=O)(=O)CC)cc2)sc(C)c1C. The molecular formula is C19H22N2O6S2. The number of nitrogens with one attached hydrogen (secondary N) is 2. The van der Waals surface area contributed by atoms with E-state index in [1.807, 2.05) is 0 Å². The second kappa shape index (κ2) is 9.19. The lowest BCUT2D eigenvalue weighted by Gasteiger charge is -2.09. The highest BCUT2D eigenvalue weighted by Gasteiger charge is 2.23. The molecule has 1 aromatic carbocycles. The number of benzene rings is 1. The Morgan fingerprint density at radius 1 is 1.03 bits per heavy atom. The van der Waals surface area contributed by atoms with Gasteiger partial charge in [0.2, 0.25) is 0 Å². The van der Waals surface area contributed by atoms with Crippen molar-refractivity contribution in [1.29, 1.82) is 0 Å². The summed E-state index contributed by atoms with van der Waals surface area (Å²) in [5.74, 6) is -1.22. The third kappa shape index (κ3) is 5.21. The Labute approximate surface area is 173 Å². The molecule has 0 saturated heterocycles. The molecule has 0 saturated carbocycles. The van der Waals surface area contributed by atoms with E-state index in [2.05, 4.69) is 10.6 Å². The summed E-state index contributed by atoms with van der Waals surface area (Å²) >= 11 is 1.20. The Morgan fingerprint density at radius 2 is 1.66 bits per heavy atom. The van der Waals surface area contributed by atoms with Crippen LogP contribution in [0, 0.1) is 13.8 Å². The van der Waals surface area contributed by atoms with Crippen molar-refractivity contribution in [2.75, 3.05) is 17.7 Å². The molecule has 2 N–H and O–H groups in total. The molecule has 2 rings (SSSR count). The number of amides is 3. The number of thiophene rings is 1. The Bertz CT molecular complexity index is 1040. The van der Waals surface area contributed by atoms with Gasteiger partial charge in [-0.3, -0.25) is 14.9 Å². The number of imide groups is 1. The van der Waals surface area contributed by atoms with Crippen LogP contribution in [0.1, 0.15) is 45.0 Å². The fourth-order valence-electron chi connectivity index (χ4n) is 2.47. The molecule has 29 heavy (non-hydrogen) atoms. The lowest BCUT2D eigenvalue weighted by molar-refractivity contribution is 0.0925. The molecule has 0 atom stereocenters. The van der Waals surface area contributed by atoms with Crippen LogP contribution in [0.25, 0.3) is 0 Å². The average Bonchev–Trinajstić information content (AvgIpc) is 2.95. The topological polar surface area (TPSA) is 119 Å². The van der Waals surface area contributed by atoms with Gasteiger partial charge in [-0.25, -0.2) is 13.2 Å². The summed E-state index contributed by atoms with van der Waals surface area (Å²) in [6.07, 6.45) is -0.870. The van der Waals surface area contributed by atoms with Crippen molar-refractivity contribution in [3.05, 3.63) is 45.8 Å². The van der Waals surface area contributed by atoms with Crippen molar-refractivity contribution in [3.63, 3.8) is 0 Å². The Hall–Kier alpha value is -2.72. The summed E-state index contributed by atoms with van der Waals surface area (Å²) in [4.78, 5) is 37.5. The van der Waals surface area contributed by atoms with Crippen molar-refractivity contribution in [2.24, 2.45) is 0 Å². The molecule has 2 aromatic rings. The van der Waals surface area contributed by atoms with Crippen molar-refractivity contribution in [3.8, 4) is 0 Å². The number of anilines is 1. The van der Waals surface area contributed by atoms with Crippen LogP contribution in [0.3, 0.4) is 0 Å². The van der Waals surface area contributed by atoms with Gasteiger partial charge in [-0.1, -0.05) is 6.92 Å². The van der Waals surface area contributed by atoms with Gasteiger partial charge >= 0.3 is 6.09 Å². The highest BCUT2D eigenvalue weighted by Crippen LogP contribution is 2.32. The third-order valence-corrected chi connectivity index (χ3v) is 7.06. The van der Waals surface area contributed by atoms with Gasteiger partial charge in [0.25, 0.3) is 11.8 Å². The zero-order valence-electron chi connectivity index (χ0n) is 16.5. The molecule has 3 amide bonds. The summed E-state index contributed by atoms with van der Waals surface area (Å²) in [5.41, 5.74) is 1.05. The predicted molar refractivity (Wildman–Crippen MR) is 110 cm³/mol. The minimum atomic E-state index is -3.36. The molecule has 0 fully saturated rings. The van der Waals surface area contributed by atoms with E-state index in [4.69, 9.17) is 4.74 Å². The first kappa shape index (κ1) is 22.6. The van der Waals surface area contributed by atoms with Crippen LogP contribution < -0.4 is 10.6 Å². The number of rotatable bonds is 6. The molecule has 0 aliphatic rings. The van der Waals surface area contributed by atoms with E-state index in [0.29, 0.717) is 5.56 Å². The first-order chi connectivity index (χ1) is 13.6. The maximum atomic E-state index is 12.6. The first-order valence-corrected chi connectivity index (χ1v) is 11.3. The van der Waals surface area contributed by atoms with Gasteiger partial charge in [-0.2, -0.15) is 0 Å². The van der Waals surface area contributed by atoms with Crippen LogP contribution in [-0.4, -0.2) is 38.7 Å². The van der Waals surface area contributed by atoms with E-state index in [1.54, 1.807) is 27.7 Å². The lowest BCUT2D eigenvalue weighted by Crippen LogP contribution is -2.31. The number of hydrogen-bond donors (Lipinski definition) is 2. The van der Waals surface area contributed by atoms with Gasteiger partial charge in [0.15, 0.2) is 9.84 Å². The predicted octanol–water partition coefficient (Wildman–Crippen LogP) is 3.30. The maximum absolute atomic E-state index is 12.6. The van der Waals surface area contributed by atoms with Crippen LogP contribution in [0.15, 0.2) is 29.2 Å². The molecule has 1 aromatic heterocycles. The summed E-state index contributed by atoms with van der Waals surface area (Å²) in [7, 11) is -3.36. The number of alkyl carbamates (subject to hydrolysis) is 1. The Balaban J connectivity index is 2.26. The van der Waals surface area contributed by atoms with Gasteiger partial charge < -0.3 is 10.1 Å². The molecule has 10 heteroatoms. The molecule has 0 unspecified atom stereocenters. The van der Waals surface area contributed by atoms with Crippen molar-refractivity contribution >= 4 is 44.1 Å². The van der Waals surface area contributed by atoms with Crippen LogP contribution >= 0.6 is 11.3 Å². The van der Waals surface area contributed by atoms with E-state index >= 15 is 0 Å². The largest absolute Gasteiger partial charge is 0.450 e. The summed E-state index contributed by atoms with van der Waals surface area (Å²) < 4.78 is 28.5. The zero-order chi connectivity index (χ0) is 21.8. The molecule has 0 bridgehead atoms. The first-order valence-electron chi connectivity index (χ1n) is 8.83. The number of ether oxygens (including phenoxy) is 1. The zero-order valence-corrected chi connectivity index (χ0v) is 18.1. The molecule has 0 radical (unpaired) electrons. The fourth-order valence-corrected chi connectivity index (χ4v) is 4.40. The standard InChI is InChI=1S/C19H22N2O6S2/c1-5-27-19(24)21-17(23)15-11(3)12(4)28-18(15)20-16(22)13-7-9-14(10-8-13)29(25,26)6-2/h7-10H,5-6H2,1-4H3,(H,20,22)(H,21,23,24). The van der Waals surface area contributed by atoms with Crippen LogP contribution in [0.5, 0.6) is 0 Å². The van der Waals surface area contributed by atoms with Gasteiger partial charge in [0.05, 0.1) is 22.8 Å². The van der Waals surface area contributed by atoms with Gasteiger partial charge in [-0.15, -0.1) is 11.3 Å². The van der Waals surface area contributed by atoms with Crippen molar-refractivity contribution in [1.82, 2.24) is 5.32 Å². The smallest absolute Gasteiger partial charge is 0.414 e. The molecule has 0 spiro atoms. The second-order valence-electron chi connectivity index (χ2n) is 6.04. The normalized spacial score (nSPS) is 11.0. The van der Waals surface area contributed by atoms with E-state index in [1.165, 1.54) is 35.6 Å². The Kier molecular flexibility index (Phi) is 7.15. The van der Waals surface area contributed by atoms with Crippen LogP contribution in [0.2, 0.25) is 0 Å². The quantitative estimate of drug-likeness (QED) is 0.714. The Morgan fingerprint density at radius 3 is 2.21 bits per heavy atom. The molecule has 0 aliphatic carbocycles. The summed E-state index contributed by atoms with van der Waals surface area (Å²) in [5, 5.41) is 5.08. The van der Waals surface area contributed by atoms with E-state index in [-0.39, 0.29) is 33.4 Å². The van der Waals surface area contributed by atoms with Crippen LogP contribution in [-0.2, 0) is 14.6 Å². The number of sulfone groups is 1. The summed E-state index contributed by atoms with van der Waals surface area (Å²) in [6.45, 7) is 6.79. The molecule has 8 nitrogen and oxygen atoms in total. The second-order valence-corrected chi connectivity index (χ2v) is 9.55. The van der Waals surface area contributed by atoms with Crippen molar-refractivity contribution < 1.29 is 27.5 Å². The molecule has 1 heterocycles. The van der Waals surface area contributed by atoms with E-state index in [0.717, 1.165) is 4.88 Å². The molecule has 156 valence electrons. The number of aryl methyl sites for hydroxylation is 1. The van der Waals surface area contributed by atoms with Gasteiger partial charge in [0, 0.05) is 10.4 Å². The lowest BCUT2D eigenvalue weighted by atomic mass is 10.1. The van der Waals surface area contributed by atoms with E-state index in [9.17, 15) is 22.8 Å². The highest BCUT2D eigenvalue weighted by molar-refractivity contribution is 7.91. The maximum Gasteiger partial charge on any atom is 0.414 e. The summed E-state index contributed by atoms with van der Waals surface area (Å²) in [6, 6.07) is 5.55. The van der Waals surface area contributed by atoms with Gasteiger partial charge in [-0.05, 0) is 50.6 Å². The van der Waals surface area contributed by atoms with Crippen molar-refractivity contribution in [2.45, 2.75) is 32.6 Å². The monoisotopic (exact) mass is 438 g/mol. The highest BCUT2D eigenvalue weighted by atomic mass is 32.2. The average molecular weight is 439 g/mol. The molecule has 0 aliphatic heterocycles. The minimum absolute atomic E-state index is 0.0365. The third-order valence-electron chi connectivity index (χ3n) is 4.19. The number of carbonyl (C=O) groups excluding carboxylic acids is 3. The minimum Gasteiger partial charge on any atom is -0.450 e.